The van der Waals surface area contributed by atoms with Crippen LogP contribution >= 0.6 is 0 Å². The van der Waals surface area contributed by atoms with Crippen LogP contribution in [0, 0.1) is 0 Å². The molecule has 2 unspecified atom stereocenters. The molecule has 0 aromatic heterocycles. The van der Waals surface area contributed by atoms with Crippen LogP contribution in [-0.2, 0) is 0 Å². The molecular weight excluding hydrogens is 146 g/mol. The highest BCUT2D eigenvalue weighted by Gasteiger charge is 2.12. The predicted molar refractivity (Wildman–Crippen MR) is 56.4 cm³/mol. The zero-order valence-electron chi connectivity index (χ0n) is 9.17. The summed E-state index contributed by atoms with van der Waals surface area (Å²) in [5, 5.41) is 0. The molecular formula is C11H23N. The van der Waals surface area contributed by atoms with E-state index in [9.17, 15) is 0 Å². The molecule has 0 radical (unpaired) electrons. The van der Waals surface area contributed by atoms with Crippen LogP contribution < -0.4 is 0 Å². The van der Waals surface area contributed by atoms with Crippen LogP contribution in [0.2, 0.25) is 0 Å². The lowest BCUT2D eigenvalue weighted by molar-refractivity contribution is 0.192. The molecule has 72 valence electrons. The van der Waals surface area contributed by atoms with E-state index < -0.39 is 0 Å². The SMILES string of the molecule is C/C=C\CC(C)N(C)C(C)CC. The quantitative estimate of drug-likeness (QED) is 0.572. The lowest BCUT2D eigenvalue weighted by Gasteiger charge is -2.29. The number of allylic oxidation sites excluding steroid dienone is 1. The van der Waals surface area contributed by atoms with Crippen molar-refractivity contribution in [2.75, 3.05) is 7.05 Å². The topological polar surface area (TPSA) is 3.24 Å². The summed E-state index contributed by atoms with van der Waals surface area (Å²) in [4.78, 5) is 2.44. The second kappa shape index (κ2) is 6.24. The van der Waals surface area contributed by atoms with Gasteiger partial charge in [-0.05, 0) is 40.7 Å². The van der Waals surface area contributed by atoms with Crippen LogP contribution in [-0.4, -0.2) is 24.0 Å². The molecule has 0 rings (SSSR count). The highest BCUT2D eigenvalue weighted by Crippen LogP contribution is 2.08. The average molecular weight is 169 g/mol. The summed E-state index contributed by atoms with van der Waals surface area (Å²) in [7, 11) is 2.21. The van der Waals surface area contributed by atoms with Gasteiger partial charge in [0.05, 0.1) is 0 Å². The Kier molecular flexibility index (Phi) is 6.09. The van der Waals surface area contributed by atoms with Crippen molar-refractivity contribution in [2.45, 2.75) is 52.6 Å². The monoisotopic (exact) mass is 169 g/mol. The Labute approximate surface area is 77.5 Å². The van der Waals surface area contributed by atoms with Gasteiger partial charge in [-0.1, -0.05) is 19.1 Å². The van der Waals surface area contributed by atoms with E-state index >= 15 is 0 Å². The van der Waals surface area contributed by atoms with Gasteiger partial charge in [-0.25, -0.2) is 0 Å². The summed E-state index contributed by atoms with van der Waals surface area (Å²) in [5.74, 6) is 0. The first-order valence-corrected chi connectivity index (χ1v) is 4.96. The minimum Gasteiger partial charge on any atom is -0.301 e. The van der Waals surface area contributed by atoms with E-state index in [-0.39, 0.29) is 0 Å². The maximum atomic E-state index is 2.44. The van der Waals surface area contributed by atoms with Gasteiger partial charge >= 0.3 is 0 Å². The van der Waals surface area contributed by atoms with E-state index in [1.807, 2.05) is 0 Å². The third kappa shape index (κ3) is 3.91. The first-order valence-electron chi connectivity index (χ1n) is 4.96. The Balaban J connectivity index is 3.82. The largest absolute Gasteiger partial charge is 0.301 e. The number of nitrogens with zero attached hydrogens (tertiary/aromatic N) is 1. The summed E-state index contributed by atoms with van der Waals surface area (Å²) in [5.41, 5.74) is 0. The van der Waals surface area contributed by atoms with Gasteiger partial charge in [0.25, 0.3) is 0 Å². The van der Waals surface area contributed by atoms with Crippen molar-refractivity contribution in [1.82, 2.24) is 4.90 Å². The molecule has 0 aliphatic heterocycles. The summed E-state index contributed by atoms with van der Waals surface area (Å²) in [6, 6.07) is 1.36. The summed E-state index contributed by atoms with van der Waals surface area (Å²) in [6.07, 6.45) is 6.76. The van der Waals surface area contributed by atoms with Crippen molar-refractivity contribution in [2.24, 2.45) is 0 Å². The molecule has 0 bridgehead atoms. The van der Waals surface area contributed by atoms with Crippen molar-refractivity contribution in [3.63, 3.8) is 0 Å². The van der Waals surface area contributed by atoms with Gasteiger partial charge in [-0.3, -0.25) is 0 Å². The molecule has 0 fully saturated rings. The van der Waals surface area contributed by atoms with Gasteiger partial charge in [0.15, 0.2) is 0 Å². The zero-order chi connectivity index (χ0) is 9.56. The molecule has 0 aliphatic carbocycles. The second-order valence-corrected chi connectivity index (χ2v) is 3.58. The fourth-order valence-electron chi connectivity index (χ4n) is 1.22. The molecule has 0 amide bonds. The normalized spacial score (nSPS) is 17.2. The Morgan fingerprint density at radius 3 is 2.25 bits per heavy atom. The average Bonchev–Trinajstić information content (AvgIpc) is 2.11. The smallest absolute Gasteiger partial charge is 0.0101 e. The Bertz CT molecular complexity index is 129. The van der Waals surface area contributed by atoms with Gasteiger partial charge < -0.3 is 4.90 Å². The number of rotatable bonds is 5. The fraction of sp³-hybridized carbons (Fsp3) is 0.818. The number of hydrogen-bond acceptors (Lipinski definition) is 1. The molecule has 1 nitrogen and oxygen atoms in total. The van der Waals surface area contributed by atoms with Crippen molar-refractivity contribution in [3.05, 3.63) is 12.2 Å². The molecule has 0 heterocycles. The Morgan fingerprint density at radius 2 is 1.83 bits per heavy atom. The molecule has 1 heteroatoms. The molecule has 0 N–H and O–H groups in total. The molecule has 2 atom stereocenters. The molecule has 0 aromatic rings. The van der Waals surface area contributed by atoms with Crippen LogP contribution in [0.5, 0.6) is 0 Å². The molecule has 0 saturated heterocycles. The van der Waals surface area contributed by atoms with Crippen molar-refractivity contribution >= 4 is 0 Å². The first-order chi connectivity index (χ1) is 5.63. The summed E-state index contributed by atoms with van der Waals surface area (Å²) < 4.78 is 0. The Morgan fingerprint density at radius 1 is 1.25 bits per heavy atom. The summed E-state index contributed by atoms with van der Waals surface area (Å²) in [6.45, 7) is 8.89. The van der Waals surface area contributed by atoms with Crippen LogP contribution in [0.25, 0.3) is 0 Å². The van der Waals surface area contributed by atoms with E-state index in [0.29, 0.717) is 12.1 Å². The maximum absolute atomic E-state index is 2.44. The minimum atomic E-state index is 0.663. The fourth-order valence-corrected chi connectivity index (χ4v) is 1.22. The van der Waals surface area contributed by atoms with Crippen LogP contribution in [0.1, 0.15) is 40.5 Å². The lowest BCUT2D eigenvalue weighted by atomic mass is 10.1. The third-order valence-electron chi connectivity index (χ3n) is 2.69. The number of hydrogen-bond donors (Lipinski definition) is 0. The van der Waals surface area contributed by atoms with E-state index in [1.165, 1.54) is 6.42 Å². The van der Waals surface area contributed by atoms with Gasteiger partial charge in [0.1, 0.15) is 0 Å². The van der Waals surface area contributed by atoms with Crippen LogP contribution in [0.15, 0.2) is 12.2 Å². The van der Waals surface area contributed by atoms with Gasteiger partial charge in [-0.2, -0.15) is 0 Å². The molecule has 0 saturated carbocycles. The predicted octanol–water partition coefficient (Wildman–Crippen LogP) is 3.07. The Hall–Kier alpha value is -0.300. The van der Waals surface area contributed by atoms with E-state index in [0.717, 1.165) is 6.42 Å². The maximum Gasteiger partial charge on any atom is 0.0101 e. The van der Waals surface area contributed by atoms with E-state index in [4.69, 9.17) is 0 Å². The van der Waals surface area contributed by atoms with Gasteiger partial charge in [0.2, 0.25) is 0 Å². The van der Waals surface area contributed by atoms with Crippen LogP contribution in [0.3, 0.4) is 0 Å². The van der Waals surface area contributed by atoms with Gasteiger partial charge in [-0.15, -0.1) is 0 Å². The van der Waals surface area contributed by atoms with Crippen molar-refractivity contribution in [3.8, 4) is 0 Å². The van der Waals surface area contributed by atoms with Crippen LogP contribution in [0.4, 0.5) is 0 Å². The van der Waals surface area contributed by atoms with Crippen molar-refractivity contribution in [1.29, 1.82) is 0 Å². The molecule has 12 heavy (non-hydrogen) atoms. The van der Waals surface area contributed by atoms with E-state index in [2.05, 4.69) is 51.8 Å². The van der Waals surface area contributed by atoms with Crippen molar-refractivity contribution < 1.29 is 0 Å². The zero-order valence-corrected chi connectivity index (χ0v) is 9.17. The lowest BCUT2D eigenvalue weighted by Crippen LogP contribution is -2.36. The third-order valence-corrected chi connectivity index (χ3v) is 2.69. The van der Waals surface area contributed by atoms with Gasteiger partial charge in [0, 0.05) is 12.1 Å². The first kappa shape index (κ1) is 11.7. The molecule has 0 aliphatic rings. The standard InChI is InChI=1S/C11H23N/c1-6-8-9-11(4)12(5)10(3)7-2/h6,8,10-11H,7,9H2,1-5H3/b8-6-. The summed E-state index contributed by atoms with van der Waals surface area (Å²) >= 11 is 0. The highest BCUT2D eigenvalue weighted by atomic mass is 15.1. The molecule has 0 spiro atoms. The minimum absolute atomic E-state index is 0.663. The second-order valence-electron chi connectivity index (χ2n) is 3.58. The molecule has 0 aromatic carbocycles. The van der Waals surface area contributed by atoms with E-state index in [1.54, 1.807) is 0 Å². The highest BCUT2D eigenvalue weighted by molar-refractivity contribution is 4.83.